The molecule has 0 bridgehead atoms. The Hall–Kier alpha value is -0.600. The van der Waals surface area contributed by atoms with Crippen molar-refractivity contribution in [3.05, 3.63) is 56.5 Å². The van der Waals surface area contributed by atoms with Gasteiger partial charge in [0.05, 0.1) is 15.1 Å². The van der Waals surface area contributed by atoms with Gasteiger partial charge in [0.25, 0.3) is 0 Å². The van der Waals surface area contributed by atoms with Crippen molar-refractivity contribution in [2.24, 2.45) is 0 Å². The average molecular weight is 308 g/mol. The van der Waals surface area contributed by atoms with Crippen molar-refractivity contribution in [3.63, 3.8) is 0 Å². The van der Waals surface area contributed by atoms with E-state index in [0.717, 1.165) is 0 Å². The highest BCUT2D eigenvalue weighted by Crippen LogP contribution is 2.35. The summed E-state index contributed by atoms with van der Waals surface area (Å²) < 4.78 is 5.56. The fraction of sp³-hybridized carbons (Fsp3) is 0. The maximum absolute atomic E-state index is 5.89. The Bertz CT molecular complexity index is 514. The summed E-state index contributed by atoms with van der Waals surface area (Å²) in [4.78, 5) is 0. The Balaban J connectivity index is 2.27. The molecule has 0 N–H and O–H groups in total. The van der Waals surface area contributed by atoms with E-state index in [4.69, 9.17) is 51.1 Å². The van der Waals surface area contributed by atoms with E-state index in [0.29, 0.717) is 31.6 Å². The third-order valence-electron chi connectivity index (χ3n) is 2.01. The molecular formula is C12H6Cl4O. The fourth-order valence-corrected chi connectivity index (χ4v) is 1.93. The van der Waals surface area contributed by atoms with Crippen molar-refractivity contribution in [2.45, 2.75) is 0 Å². The van der Waals surface area contributed by atoms with Crippen molar-refractivity contribution in [1.82, 2.24) is 0 Å². The highest BCUT2D eigenvalue weighted by atomic mass is 35.5. The number of hydrogen-bond donors (Lipinski definition) is 0. The van der Waals surface area contributed by atoms with E-state index in [1.165, 1.54) is 0 Å². The van der Waals surface area contributed by atoms with Crippen molar-refractivity contribution in [2.75, 3.05) is 0 Å². The second kappa shape index (κ2) is 5.36. The number of halogens is 4. The van der Waals surface area contributed by atoms with Crippen LogP contribution in [0.3, 0.4) is 0 Å². The van der Waals surface area contributed by atoms with Crippen LogP contribution in [0, 0.1) is 0 Å². The molecule has 0 fully saturated rings. The van der Waals surface area contributed by atoms with E-state index < -0.39 is 0 Å². The lowest BCUT2D eigenvalue weighted by Gasteiger charge is -2.07. The minimum absolute atomic E-state index is 0.316. The van der Waals surface area contributed by atoms with Crippen LogP contribution in [0.1, 0.15) is 0 Å². The molecule has 0 spiro atoms. The summed E-state index contributed by atoms with van der Waals surface area (Å²) in [5.74, 6) is 1.16. The van der Waals surface area contributed by atoms with Crippen LogP contribution in [0.5, 0.6) is 11.5 Å². The molecule has 0 radical (unpaired) electrons. The molecule has 0 aliphatic carbocycles. The Morgan fingerprint density at radius 3 is 1.76 bits per heavy atom. The van der Waals surface area contributed by atoms with Gasteiger partial charge in [0.2, 0.25) is 0 Å². The third kappa shape index (κ3) is 3.20. The fourth-order valence-electron chi connectivity index (χ4n) is 1.23. The smallest absolute Gasteiger partial charge is 0.130 e. The van der Waals surface area contributed by atoms with E-state index in [1.54, 1.807) is 36.4 Å². The first-order chi connectivity index (χ1) is 8.06. The highest BCUT2D eigenvalue weighted by Gasteiger charge is 2.07. The van der Waals surface area contributed by atoms with Crippen LogP contribution in [0.15, 0.2) is 36.4 Å². The second-order valence-corrected chi connectivity index (χ2v) is 4.89. The summed E-state index contributed by atoms with van der Waals surface area (Å²) in [6.07, 6.45) is 0. The molecular weight excluding hydrogens is 302 g/mol. The molecule has 0 aliphatic rings. The quantitative estimate of drug-likeness (QED) is 0.610. The van der Waals surface area contributed by atoms with Crippen LogP contribution in [-0.4, -0.2) is 0 Å². The first kappa shape index (κ1) is 12.8. The van der Waals surface area contributed by atoms with Crippen LogP contribution >= 0.6 is 46.4 Å². The summed E-state index contributed by atoms with van der Waals surface area (Å²) in [6, 6.07) is 10.2. The monoisotopic (exact) mass is 306 g/mol. The largest absolute Gasteiger partial charge is 0.457 e. The number of hydrogen-bond acceptors (Lipinski definition) is 1. The molecule has 0 saturated heterocycles. The Morgan fingerprint density at radius 1 is 0.706 bits per heavy atom. The molecule has 0 heterocycles. The minimum atomic E-state index is 0.316. The molecule has 17 heavy (non-hydrogen) atoms. The van der Waals surface area contributed by atoms with Gasteiger partial charge in [0.1, 0.15) is 11.5 Å². The average Bonchev–Trinajstić information content (AvgIpc) is 2.29. The normalized spacial score (nSPS) is 10.4. The molecule has 2 rings (SSSR count). The second-order valence-electron chi connectivity index (χ2n) is 3.26. The van der Waals surface area contributed by atoms with Gasteiger partial charge in [-0.25, -0.2) is 0 Å². The number of rotatable bonds is 2. The Morgan fingerprint density at radius 2 is 1.24 bits per heavy atom. The van der Waals surface area contributed by atoms with Gasteiger partial charge in [-0.1, -0.05) is 46.4 Å². The zero-order valence-electron chi connectivity index (χ0n) is 8.38. The van der Waals surface area contributed by atoms with Crippen LogP contribution in [0.4, 0.5) is 0 Å². The van der Waals surface area contributed by atoms with Gasteiger partial charge in [0.15, 0.2) is 0 Å². The summed E-state index contributed by atoms with van der Waals surface area (Å²) in [5.41, 5.74) is 0. The van der Waals surface area contributed by atoms with Crippen molar-refractivity contribution in [3.8, 4) is 11.5 Å². The van der Waals surface area contributed by atoms with Crippen LogP contribution in [-0.2, 0) is 0 Å². The topological polar surface area (TPSA) is 9.23 Å². The summed E-state index contributed by atoms with van der Waals surface area (Å²) in [6.45, 7) is 0. The first-order valence-corrected chi connectivity index (χ1v) is 6.15. The van der Waals surface area contributed by atoms with E-state index in [-0.39, 0.29) is 0 Å². The summed E-state index contributed by atoms with van der Waals surface area (Å²) in [7, 11) is 0. The summed E-state index contributed by atoms with van der Waals surface area (Å²) >= 11 is 23.4. The van der Waals surface area contributed by atoms with Crippen LogP contribution in [0.25, 0.3) is 0 Å². The summed E-state index contributed by atoms with van der Waals surface area (Å²) in [5, 5.41) is 1.66. The molecule has 0 amide bonds. The van der Waals surface area contributed by atoms with E-state index in [2.05, 4.69) is 0 Å². The predicted molar refractivity (Wildman–Crippen MR) is 73.0 cm³/mol. The predicted octanol–water partition coefficient (Wildman–Crippen LogP) is 6.09. The maximum atomic E-state index is 5.89. The van der Waals surface area contributed by atoms with Gasteiger partial charge in [0, 0.05) is 17.2 Å². The van der Waals surface area contributed by atoms with Gasteiger partial charge >= 0.3 is 0 Å². The van der Waals surface area contributed by atoms with Gasteiger partial charge < -0.3 is 4.74 Å². The number of benzene rings is 2. The first-order valence-electron chi connectivity index (χ1n) is 4.64. The highest BCUT2D eigenvalue weighted by molar-refractivity contribution is 6.48. The molecule has 0 unspecified atom stereocenters. The minimum Gasteiger partial charge on any atom is -0.457 e. The number of ether oxygens (including phenoxy) is 1. The molecule has 0 aliphatic heterocycles. The zero-order chi connectivity index (χ0) is 12.4. The zero-order valence-corrected chi connectivity index (χ0v) is 11.4. The van der Waals surface area contributed by atoms with Crippen molar-refractivity contribution in [1.29, 1.82) is 0 Å². The molecule has 0 saturated carbocycles. The van der Waals surface area contributed by atoms with E-state index in [1.807, 2.05) is 0 Å². The molecule has 88 valence electrons. The van der Waals surface area contributed by atoms with Gasteiger partial charge in [-0.05, 0) is 24.3 Å². The van der Waals surface area contributed by atoms with Crippen LogP contribution < -0.4 is 4.74 Å². The van der Waals surface area contributed by atoms with Crippen molar-refractivity contribution >= 4 is 46.4 Å². The van der Waals surface area contributed by atoms with Gasteiger partial charge in [-0.2, -0.15) is 0 Å². The van der Waals surface area contributed by atoms with Gasteiger partial charge in [-0.15, -0.1) is 0 Å². The molecule has 2 aromatic rings. The van der Waals surface area contributed by atoms with Crippen molar-refractivity contribution < 1.29 is 4.74 Å². The lowest BCUT2D eigenvalue weighted by atomic mass is 10.3. The molecule has 5 heteroatoms. The maximum Gasteiger partial charge on any atom is 0.130 e. The lowest BCUT2D eigenvalue weighted by molar-refractivity contribution is 0.483. The third-order valence-corrected chi connectivity index (χ3v) is 3.46. The SMILES string of the molecule is Clc1ccc(Oc2cc(Cl)c(Cl)c(Cl)c2)cc1. The van der Waals surface area contributed by atoms with Crippen LogP contribution in [0.2, 0.25) is 20.1 Å². The van der Waals surface area contributed by atoms with E-state index in [9.17, 15) is 0 Å². The van der Waals surface area contributed by atoms with Gasteiger partial charge in [-0.3, -0.25) is 0 Å². The molecule has 1 nitrogen and oxygen atoms in total. The van der Waals surface area contributed by atoms with E-state index >= 15 is 0 Å². The lowest BCUT2D eigenvalue weighted by Crippen LogP contribution is -1.84. The Kier molecular flexibility index (Phi) is 4.05. The molecule has 0 atom stereocenters. The molecule has 2 aromatic carbocycles. The standard InChI is InChI=1S/C12H6Cl4O/c13-7-1-3-8(4-2-7)17-9-5-10(14)12(16)11(15)6-9/h1-6H. The Labute approximate surface area is 119 Å². The molecule has 0 aromatic heterocycles.